The monoisotopic (exact) mass is 233 g/mol. The molecule has 1 nitrogen and oxygen atoms in total. The lowest BCUT2D eigenvalue weighted by Gasteiger charge is -2.36. The van der Waals surface area contributed by atoms with Gasteiger partial charge >= 0.3 is 0 Å². The topological polar surface area (TPSA) is 12.4 Å². The first kappa shape index (κ1) is 14.2. The van der Waals surface area contributed by atoms with Gasteiger partial charge in [-0.2, -0.15) is 0 Å². The van der Waals surface area contributed by atoms with Crippen LogP contribution in [0.15, 0.2) is 28.8 Å². The van der Waals surface area contributed by atoms with Crippen LogP contribution in [0.4, 0.5) is 0 Å². The molecule has 1 rings (SSSR count). The van der Waals surface area contributed by atoms with Crippen molar-refractivity contribution in [2.75, 3.05) is 0 Å². The van der Waals surface area contributed by atoms with E-state index < -0.39 is 0 Å². The highest BCUT2D eigenvalue weighted by Gasteiger charge is 2.31. The van der Waals surface area contributed by atoms with E-state index in [1.54, 1.807) is 0 Å². The third-order valence-electron chi connectivity index (χ3n) is 4.08. The maximum Gasteiger partial charge on any atom is 0.0573 e. The molecule has 1 saturated carbocycles. The summed E-state index contributed by atoms with van der Waals surface area (Å²) in [6.07, 6.45) is 11.7. The molecule has 0 aromatic rings. The molecule has 96 valence electrons. The van der Waals surface area contributed by atoms with Gasteiger partial charge in [-0.25, -0.2) is 0 Å². The Morgan fingerprint density at radius 2 is 1.94 bits per heavy atom. The van der Waals surface area contributed by atoms with Crippen molar-refractivity contribution in [3.8, 4) is 0 Å². The maximum absolute atomic E-state index is 4.28. The minimum atomic E-state index is 0.153. The highest BCUT2D eigenvalue weighted by molar-refractivity contribution is 5.26. The van der Waals surface area contributed by atoms with Crippen LogP contribution in [0.5, 0.6) is 0 Å². The lowest BCUT2D eigenvalue weighted by atomic mass is 9.73. The summed E-state index contributed by atoms with van der Waals surface area (Å²) in [6.45, 7) is 12.6. The molecule has 1 atom stereocenters. The van der Waals surface area contributed by atoms with E-state index in [1.807, 2.05) is 0 Å². The van der Waals surface area contributed by atoms with E-state index in [0.717, 1.165) is 5.92 Å². The van der Waals surface area contributed by atoms with E-state index in [-0.39, 0.29) is 5.54 Å². The van der Waals surface area contributed by atoms with Crippen molar-refractivity contribution < 1.29 is 0 Å². The van der Waals surface area contributed by atoms with Crippen molar-refractivity contribution in [2.24, 2.45) is 16.8 Å². The van der Waals surface area contributed by atoms with Crippen molar-refractivity contribution in [3.63, 3.8) is 0 Å². The molecule has 0 aromatic carbocycles. The van der Waals surface area contributed by atoms with E-state index in [9.17, 15) is 0 Å². The second-order valence-electron chi connectivity index (χ2n) is 5.98. The number of aliphatic imine (C=N–C) groups is 1. The first-order valence-electron chi connectivity index (χ1n) is 6.76. The summed E-state index contributed by atoms with van der Waals surface area (Å²) in [5.74, 6) is 1.51. The first-order chi connectivity index (χ1) is 7.97. The van der Waals surface area contributed by atoms with Gasteiger partial charge in [-0.15, -0.1) is 0 Å². The standard InChI is InChI=1S/C16H27N/c1-13(2)7-6-8-14(3)15-9-11-16(4,17-5)12-10-15/h6-8,14-15H,5,9-12H2,1-4H3/b8-6+/t14-,15?,16?/m1/s1. The summed E-state index contributed by atoms with van der Waals surface area (Å²) < 4.78 is 0. The zero-order valence-corrected chi connectivity index (χ0v) is 11.9. The molecule has 0 heterocycles. The van der Waals surface area contributed by atoms with E-state index in [4.69, 9.17) is 0 Å². The van der Waals surface area contributed by atoms with Gasteiger partial charge in [0.15, 0.2) is 0 Å². The molecule has 0 aromatic heterocycles. The number of hydrogen-bond acceptors (Lipinski definition) is 1. The van der Waals surface area contributed by atoms with Gasteiger partial charge < -0.3 is 0 Å². The summed E-state index contributed by atoms with van der Waals surface area (Å²) in [5.41, 5.74) is 1.51. The molecule has 0 spiro atoms. The van der Waals surface area contributed by atoms with Crippen molar-refractivity contribution in [2.45, 2.75) is 58.9 Å². The fourth-order valence-corrected chi connectivity index (χ4v) is 2.53. The van der Waals surface area contributed by atoms with Gasteiger partial charge in [-0.05, 0) is 65.0 Å². The van der Waals surface area contributed by atoms with Crippen molar-refractivity contribution in [1.82, 2.24) is 0 Å². The third-order valence-corrected chi connectivity index (χ3v) is 4.08. The van der Waals surface area contributed by atoms with Gasteiger partial charge in [0.2, 0.25) is 0 Å². The molecule has 0 aliphatic heterocycles. The molecule has 0 bridgehead atoms. The first-order valence-corrected chi connectivity index (χ1v) is 6.76. The Kier molecular flexibility index (Phi) is 5.17. The summed E-state index contributed by atoms with van der Waals surface area (Å²) in [6, 6.07) is 0. The smallest absolute Gasteiger partial charge is 0.0573 e. The normalized spacial score (nSPS) is 31.2. The minimum Gasteiger partial charge on any atom is -0.295 e. The Morgan fingerprint density at radius 3 is 2.41 bits per heavy atom. The lowest BCUT2D eigenvalue weighted by molar-refractivity contribution is 0.222. The van der Waals surface area contributed by atoms with Crippen LogP contribution in [0.3, 0.4) is 0 Å². The average Bonchev–Trinajstić information content (AvgIpc) is 2.29. The number of nitrogens with zero attached hydrogens (tertiary/aromatic N) is 1. The van der Waals surface area contributed by atoms with E-state index in [1.165, 1.54) is 31.3 Å². The number of rotatable bonds is 4. The van der Waals surface area contributed by atoms with Crippen LogP contribution in [0, 0.1) is 11.8 Å². The highest BCUT2D eigenvalue weighted by atomic mass is 14.8. The Morgan fingerprint density at radius 1 is 1.35 bits per heavy atom. The molecule has 17 heavy (non-hydrogen) atoms. The zero-order chi connectivity index (χ0) is 12.9. The Labute approximate surface area is 107 Å². The Balaban J connectivity index is 2.46. The maximum atomic E-state index is 4.28. The zero-order valence-electron chi connectivity index (χ0n) is 11.9. The van der Waals surface area contributed by atoms with E-state index >= 15 is 0 Å². The second-order valence-corrected chi connectivity index (χ2v) is 5.98. The lowest BCUT2D eigenvalue weighted by Crippen LogP contribution is -2.30. The third kappa shape index (κ3) is 4.49. The van der Waals surface area contributed by atoms with Gasteiger partial charge in [-0.1, -0.05) is 30.7 Å². The molecule has 0 amide bonds. The summed E-state index contributed by atoms with van der Waals surface area (Å²) in [5, 5.41) is 0. The Hall–Kier alpha value is -0.850. The van der Waals surface area contributed by atoms with Gasteiger partial charge in [-0.3, -0.25) is 4.99 Å². The van der Waals surface area contributed by atoms with Crippen molar-refractivity contribution in [1.29, 1.82) is 0 Å². The predicted molar refractivity (Wildman–Crippen MR) is 77.6 cm³/mol. The van der Waals surface area contributed by atoms with Crippen LogP contribution in [-0.2, 0) is 0 Å². The molecule has 0 unspecified atom stereocenters. The minimum absolute atomic E-state index is 0.153. The van der Waals surface area contributed by atoms with Gasteiger partial charge in [0, 0.05) is 0 Å². The molecule has 1 fully saturated rings. The average molecular weight is 233 g/mol. The molecular weight excluding hydrogens is 206 g/mol. The molecule has 0 N–H and O–H groups in total. The largest absolute Gasteiger partial charge is 0.295 e. The molecule has 1 aliphatic carbocycles. The fraction of sp³-hybridized carbons (Fsp3) is 0.688. The quantitative estimate of drug-likeness (QED) is 0.489. The van der Waals surface area contributed by atoms with Gasteiger partial charge in [0.05, 0.1) is 5.54 Å². The molecular formula is C16H27N. The molecule has 1 heteroatoms. The summed E-state index contributed by atoms with van der Waals surface area (Å²) in [4.78, 5) is 4.28. The summed E-state index contributed by atoms with van der Waals surface area (Å²) >= 11 is 0. The van der Waals surface area contributed by atoms with Crippen LogP contribution < -0.4 is 0 Å². The number of allylic oxidation sites excluding steroid dienone is 4. The van der Waals surface area contributed by atoms with Crippen LogP contribution in [0.25, 0.3) is 0 Å². The van der Waals surface area contributed by atoms with Gasteiger partial charge in [0.25, 0.3) is 0 Å². The highest BCUT2D eigenvalue weighted by Crippen LogP contribution is 2.37. The van der Waals surface area contributed by atoms with Crippen LogP contribution in [0.2, 0.25) is 0 Å². The molecule has 1 aliphatic rings. The van der Waals surface area contributed by atoms with Crippen molar-refractivity contribution in [3.05, 3.63) is 23.8 Å². The predicted octanol–water partition coefficient (Wildman–Crippen LogP) is 4.79. The van der Waals surface area contributed by atoms with Crippen molar-refractivity contribution >= 4 is 6.72 Å². The molecule has 0 saturated heterocycles. The summed E-state index contributed by atoms with van der Waals surface area (Å²) in [7, 11) is 0. The van der Waals surface area contributed by atoms with Crippen LogP contribution in [-0.4, -0.2) is 12.3 Å². The SMILES string of the molecule is C=NC1(C)CCC([C@H](C)/C=C/C=C(C)C)CC1. The molecule has 0 radical (unpaired) electrons. The van der Waals surface area contributed by atoms with Crippen LogP contribution >= 0.6 is 0 Å². The Bertz CT molecular complexity index is 299. The van der Waals surface area contributed by atoms with E-state index in [2.05, 4.69) is 57.6 Å². The fourth-order valence-electron chi connectivity index (χ4n) is 2.53. The van der Waals surface area contributed by atoms with Gasteiger partial charge in [0.1, 0.15) is 0 Å². The van der Waals surface area contributed by atoms with Crippen LogP contribution in [0.1, 0.15) is 53.4 Å². The van der Waals surface area contributed by atoms with E-state index in [0.29, 0.717) is 5.92 Å². The second kappa shape index (κ2) is 6.18. The number of hydrogen-bond donors (Lipinski definition) is 0.